The lowest BCUT2D eigenvalue weighted by Crippen LogP contribution is -2.27. The molecule has 4 rings (SSSR count). The van der Waals surface area contributed by atoms with Gasteiger partial charge in [0.05, 0.1) is 0 Å². The molecule has 1 amide bonds. The number of anilines is 1. The summed E-state index contributed by atoms with van der Waals surface area (Å²) < 4.78 is 1.38. The highest BCUT2D eigenvalue weighted by Crippen LogP contribution is 2.28. The molecule has 1 aliphatic rings. The molecule has 5 nitrogen and oxygen atoms in total. The number of hydrogen-bond acceptors (Lipinski definition) is 3. The normalized spacial score (nSPS) is 13.5. The number of carbonyl (C=O) groups is 1. The number of carbonyl (C=O) groups excluding carboxylic acids is 1. The first-order valence-corrected chi connectivity index (χ1v) is 8.12. The maximum Gasteiger partial charge on any atom is 0.270 e. The van der Waals surface area contributed by atoms with Gasteiger partial charge in [0.25, 0.3) is 11.5 Å². The third-order valence-corrected chi connectivity index (χ3v) is 4.50. The molecule has 0 spiro atoms. The molecule has 2 aromatic heterocycles. The van der Waals surface area contributed by atoms with Gasteiger partial charge in [-0.2, -0.15) is 0 Å². The summed E-state index contributed by atoms with van der Waals surface area (Å²) in [5.41, 5.74) is 3.49. The molecule has 0 unspecified atom stereocenters. The average Bonchev–Trinajstić information content (AvgIpc) is 2.62. The van der Waals surface area contributed by atoms with Crippen LogP contribution in [0.25, 0.3) is 5.65 Å². The first kappa shape index (κ1) is 14.6. The Labute approximate surface area is 139 Å². The molecule has 0 saturated carbocycles. The predicted molar refractivity (Wildman–Crippen MR) is 92.5 cm³/mol. The summed E-state index contributed by atoms with van der Waals surface area (Å²) in [6.07, 6.45) is 7.27. The van der Waals surface area contributed by atoms with E-state index >= 15 is 0 Å². The number of fused-ring (bicyclic) bond motifs is 2. The van der Waals surface area contributed by atoms with Gasteiger partial charge < -0.3 is 5.32 Å². The van der Waals surface area contributed by atoms with Gasteiger partial charge in [-0.3, -0.25) is 14.0 Å². The zero-order valence-corrected chi connectivity index (χ0v) is 13.2. The van der Waals surface area contributed by atoms with Crippen LogP contribution in [0, 0.1) is 0 Å². The Morgan fingerprint density at radius 1 is 1.08 bits per heavy atom. The van der Waals surface area contributed by atoms with E-state index in [9.17, 15) is 9.59 Å². The Bertz CT molecular complexity index is 991. The molecule has 0 bridgehead atoms. The Morgan fingerprint density at radius 2 is 1.96 bits per heavy atom. The number of pyridine rings is 1. The number of amides is 1. The molecule has 3 aromatic rings. The van der Waals surface area contributed by atoms with Crippen molar-refractivity contribution in [2.24, 2.45) is 0 Å². The van der Waals surface area contributed by atoms with E-state index in [-0.39, 0.29) is 11.1 Å². The van der Waals surface area contributed by atoms with E-state index in [4.69, 9.17) is 0 Å². The van der Waals surface area contributed by atoms with Gasteiger partial charge in [0.1, 0.15) is 11.2 Å². The minimum absolute atomic E-state index is 0.0483. The van der Waals surface area contributed by atoms with Crippen molar-refractivity contribution in [2.75, 3.05) is 5.32 Å². The second-order valence-electron chi connectivity index (χ2n) is 6.01. The molecule has 0 aliphatic heterocycles. The van der Waals surface area contributed by atoms with Crippen LogP contribution in [-0.2, 0) is 12.8 Å². The molecule has 2 heterocycles. The summed E-state index contributed by atoms with van der Waals surface area (Å²) in [7, 11) is 0. The van der Waals surface area contributed by atoms with Crippen LogP contribution in [0.5, 0.6) is 0 Å². The fourth-order valence-electron chi connectivity index (χ4n) is 3.27. The van der Waals surface area contributed by atoms with Crippen LogP contribution in [0.15, 0.2) is 53.6 Å². The smallest absolute Gasteiger partial charge is 0.270 e. The monoisotopic (exact) mass is 319 g/mol. The van der Waals surface area contributed by atoms with Crippen molar-refractivity contribution < 1.29 is 4.79 Å². The second-order valence-corrected chi connectivity index (χ2v) is 6.01. The van der Waals surface area contributed by atoms with Crippen molar-refractivity contribution in [1.29, 1.82) is 0 Å². The first-order valence-electron chi connectivity index (χ1n) is 8.12. The molecule has 1 aromatic carbocycles. The van der Waals surface area contributed by atoms with Crippen LogP contribution in [-0.4, -0.2) is 15.3 Å². The molecule has 1 N–H and O–H groups in total. The lowest BCUT2D eigenvalue weighted by molar-refractivity contribution is 0.102. The Kier molecular flexibility index (Phi) is 3.61. The van der Waals surface area contributed by atoms with Crippen molar-refractivity contribution in [3.05, 3.63) is 75.8 Å². The van der Waals surface area contributed by atoms with E-state index in [0.717, 1.165) is 24.9 Å². The van der Waals surface area contributed by atoms with Crippen molar-refractivity contribution in [3.8, 4) is 0 Å². The second kappa shape index (κ2) is 5.92. The standard InChI is InChI=1S/C19H17N3O2/c23-18(15-12-20-17-10-3-4-11-22(17)19(15)24)21-16-9-5-7-13-6-1-2-8-14(13)16/h3-5,7,9-12H,1-2,6,8H2,(H,21,23). The third kappa shape index (κ3) is 2.48. The Balaban J connectivity index is 1.71. The predicted octanol–water partition coefficient (Wildman–Crippen LogP) is 2.83. The van der Waals surface area contributed by atoms with Crippen molar-refractivity contribution in [2.45, 2.75) is 25.7 Å². The highest BCUT2D eigenvalue weighted by molar-refractivity contribution is 6.04. The van der Waals surface area contributed by atoms with Crippen LogP contribution >= 0.6 is 0 Å². The molecule has 0 atom stereocenters. The summed E-state index contributed by atoms with van der Waals surface area (Å²) in [5, 5.41) is 2.90. The van der Waals surface area contributed by atoms with Gasteiger partial charge in [0.2, 0.25) is 0 Å². The van der Waals surface area contributed by atoms with Gasteiger partial charge in [0.15, 0.2) is 0 Å². The molecule has 120 valence electrons. The van der Waals surface area contributed by atoms with Gasteiger partial charge in [-0.1, -0.05) is 18.2 Å². The molecule has 0 fully saturated rings. The van der Waals surface area contributed by atoms with Crippen LogP contribution in [0.2, 0.25) is 0 Å². The van der Waals surface area contributed by atoms with E-state index in [1.165, 1.54) is 28.1 Å². The fourth-order valence-corrected chi connectivity index (χ4v) is 3.27. The number of aromatic nitrogens is 2. The molecule has 24 heavy (non-hydrogen) atoms. The molecular weight excluding hydrogens is 302 g/mol. The average molecular weight is 319 g/mol. The maximum atomic E-state index is 12.6. The highest BCUT2D eigenvalue weighted by atomic mass is 16.2. The van der Waals surface area contributed by atoms with Crippen LogP contribution in [0.1, 0.15) is 34.3 Å². The summed E-state index contributed by atoms with van der Waals surface area (Å²) in [5.74, 6) is -0.412. The van der Waals surface area contributed by atoms with E-state index in [1.54, 1.807) is 24.4 Å². The summed E-state index contributed by atoms with van der Waals surface area (Å²) in [6, 6.07) is 11.2. The molecule has 1 aliphatic carbocycles. The topological polar surface area (TPSA) is 63.5 Å². The summed E-state index contributed by atoms with van der Waals surface area (Å²) in [4.78, 5) is 29.3. The molecular formula is C19H17N3O2. The zero-order valence-electron chi connectivity index (χ0n) is 13.2. The summed E-state index contributed by atoms with van der Waals surface area (Å²) in [6.45, 7) is 0. The quantitative estimate of drug-likeness (QED) is 0.790. The zero-order chi connectivity index (χ0) is 16.5. The van der Waals surface area contributed by atoms with E-state index in [1.807, 2.05) is 12.1 Å². The Hall–Kier alpha value is -2.95. The van der Waals surface area contributed by atoms with Crippen molar-refractivity contribution in [3.63, 3.8) is 0 Å². The van der Waals surface area contributed by atoms with Crippen molar-refractivity contribution in [1.82, 2.24) is 9.38 Å². The summed E-state index contributed by atoms with van der Waals surface area (Å²) >= 11 is 0. The van der Waals surface area contributed by atoms with Crippen molar-refractivity contribution >= 4 is 17.2 Å². The van der Waals surface area contributed by atoms with Crippen LogP contribution in [0.3, 0.4) is 0 Å². The van der Waals surface area contributed by atoms with Gasteiger partial charge in [-0.05, 0) is 55.0 Å². The molecule has 0 saturated heterocycles. The number of hydrogen-bond donors (Lipinski definition) is 1. The SMILES string of the molecule is O=C(Nc1cccc2c1CCCC2)c1cnc2ccccn2c1=O. The van der Waals surface area contributed by atoms with E-state index in [2.05, 4.69) is 16.4 Å². The minimum atomic E-state index is -0.412. The molecule has 0 radical (unpaired) electrons. The minimum Gasteiger partial charge on any atom is -0.322 e. The number of nitrogens with zero attached hydrogens (tertiary/aromatic N) is 2. The lowest BCUT2D eigenvalue weighted by atomic mass is 9.90. The van der Waals surface area contributed by atoms with Gasteiger partial charge in [-0.15, -0.1) is 0 Å². The van der Waals surface area contributed by atoms with Crippen LogP contribution < -0.4 is 10.9 Å². The van der Waals surface area contributed by atoms with Gasteiger partial charge in [0, 0.05) is 18.1 Å². The van der Waals surface area contributed by atoms with E-state index < -0.39 is 5.91 Å². The third-order valence-electron chi connectivity index (χ3n) is 4.50. The lowest BCUT2D eigenvalue weighted by Gasteiger charge is -2.19. The Morgan fingerprint density at radius 3 is 2.88 bits per heavy atom. The maximum absolute atomic E-state index is 12.6. The first-order chi connectivity index (χ1) is 11.7. The molecule has 5 heteroatoms. The number of benzene rings is 1. The number of aryl methyl sites for hydroxylation is 1. The van der Waals surface area contributed by atoms with Gasteiger partial charge in [-0.25, -0.2) is 4.98 Å². The number of nitrogens with one attached hydrogen (secondary N) is 1. The fraction of sp³-hybridized carbons (Fsp3) is 0.211. The van der Waals surface area contributed by atoms with Gasteiger partial charge >= 0.3 is 0 Å². The van der Waals surface area contributed by atoms with Crippen LogP contribution in [0.4, 0.5) is 5.69 Å². The highest BCUT2D eigenvalue weighted by Gasteiger charge is 2.17. The largest absolute Gasteiger partial charge is 0.322 e. The van der Waals surface area contributed by atoms with E-state index in [0.29, 0.717) is 5.65 Å². The number of rotatable bonds is 2.